The average molecular weight is 195 g/mol. The van der Waals surface area contributed by atoms with Crippen LogP contribution in [-0.2, 0) is 4.79 Å². The molecule has 1 spiro atoms. The minimum absolute atomic E-state index is 0.251. The zero-order valence-corrected chi connectivity index (χ0v) is 9.31. The summed E-state index contributed by atoms with van der Waals surface area (Å²) in [4.78, 5) is 11.1. The third-order valence-electron chi connectivity index (χ3n) is 3.91. The Bertz CT molecular complexity index is 214. The van der Waals surface area contributed by atoms with Crippen LogP contribution in [0.2, 0.25) is 0 Å². The van der Waals surface area contributed by atoms with E-state index in [1.807, 2.05) is 0 Å². The number of nitrogens with one attached hydrogen (secondary N) is 1. The summed E-state index contributed by atoms with van der Waals surface area (Å²) in [5.41, 5.74) is 0.449. The predicted molar refractivity (Wildman–Crippen MR) is 56.9 cm³/mol. The summed E-state index contributed by atoms with van der Waals surface area (Å²) in [6, 6.07) is 0. The third-order valence-corrected chi connectivity index (χ3v) is 3.91. The first-order valence-corrected chi connectivity index (χ1v) is 5.86. The Balaban J connectivity index is 2.03. The number of amides is 1. The van der Waals surface area contributed by atoms with Gasteiger partial charge in [-0.25, -0.2) is 0 Å². The highest BCUT2D eigenvalue weighted by Gasteiger charge is 2.40. The highest BCUT2D eigenvalue weighted by Crippen LogP contribution is 2.45. The van der Waals surface area contributed by atoms with Crippen LogP contribution < -0.4 is 5.32 Å². The Morgan fingerprint density at radius 3 is 2.43 bits per heavy atom. The van der Waals surface area contributed by atoms with Gasteiger partial charge in [-0.3, -0.25) is 4.79 Å². The lowest BCUT2D eigenvalue weighted by molar-refractivity contribution is -0.125. The molecule has 1 heterocycles. The van der Waals surface area contributed by atoms with Crippen molar-refractivity contribution < 1.29 is 4.79 Å². The number of hydrogen-bond acceptors (Lipinski definition) is 1. The Labute approximate surface area is 86.5 Å². The molecule has 0 aromatic carbocycles. The first-order chi connectivity index (χ1) is 6.60. The molecule has 2 heteroatoms. The van der Waals surface area contributed by atoms with Crippen molar-refractivity contribution in [2.45, 2.75) is 46.0 Å². The second-order valence-electron chi connectivity index (χ2n) is 5.63. The zero-order valence-electron chi connectivity index (χ0n) is 9.31. The maximum atomic E-state index is 11.1. The molecule has 1 aliphatic carbocycles. The molecule has 2 aliphatic rings. The molecule has 1 saturated heterocycles. The number of hydrogen-bond donors (Lipinski definition) is 1. The normalized spacial score (nSPS) is 43.7. The molecule has 2 fully saturated rings. The molecule has 0 bridgehead atoms. The summed E-state index contributed by atoms with van der Waals surface area (Å²) in [6.07, 6.45) is 5.87. The van der Waals surface area contributed by atoms with E-state index in [9.17, 15) is 4.79 Å². The van der Waals surface area contributed by atoms with Crippen molar-refractivity contribution in [2.75, 3.05) is 6.54 Å². The van der Waals surface area contributed by atoms with Crippen LogP contribution in [0.25, 0.3) is 0 Å². The number of rotatable bonds is 0. The Hall–Kier alpha value is -0.530. The van der Waals surface area contributed by atoms with E-state index < -0.39 is 0 Å². The quantitative estimate of drug-likeness (QED) is 0.631. The van der Waals surface area contributed by atoms with Gasteiger partial charge in [-0.1, -0.05) is 13.8 Å². The summed E-state index contributed by atoms with van der Waals surface area (Å²) in [5.74, 6) is 1.93. The van der Waals surface area contributed by atoms with Crippen LogP contribution in [0.4, 0.5) is 0 Å². The molecule has 0 aromatic rings. The van der Waals surface area contributed by atoms with E-state index in [1.54, 1.807) is 0 Å². The van der Waals surface area contributed by atoms with Gasteiger partial charge in [0.1, 0.15) is 0 Å². The van der Waals surface area contributed by atoms with Gasteiger partial charge in [0.2, 0.25) is 5.91 Å². The zero-order chi connectivity index (χ0) is 10.2. The van der Waals surface area contributed by atoms with Gasteiger partial charge in [0.15, 0.2) is 0 Å². The van der Waals surface area contributed by atoms with Crippen LogP contribution in [-0.4, -0.2) is 12.5 Å². The molecule has 1 amide bonds. The van der Waals surface area contributed by atoms with Crippen molar-refractivity contribution in [1.29, 1.82) is 0 Å². The lowest BCUT2D eigenvalue weighted by Crippen LogP contribution is -2.46. The van der Waals surface area contributed by atoms with Crippen LogP contribution >= 0.6 is 0 Å². The number of piperidine rings is 1. The number of carbonyl (C=O) groups is 1. The molecule has 0 radical (unpaired) electrons. The third kappa shape index (κ3) is 1.94. The lowest BCUT2D eigenvalue weighted by atomic mass is 9.63. The van der Waals surface area contributed by atoms with Crippen molar-refractivity contribution in [1.82, 2.24) is 5.32 Å². The van der Waals surface area contributed by atoms with Crippen molar-refractivity contribution in [2.24, 2.45) is 17.3 Å². The van der Waals surface area contributed by atoms with Gasteiger partial charge in [0.05, 0.1) is 0 Å². The summed E-state index contributed by atoms with van der Waals surface area (Å²) in [7, 11) is 0. The molecule has 2 nitrogen and oxygen atoms in total. The molecule has 2 atom stereocenters. The fraction of sp³-hybridized carbons (Fsp3) is 0.917. The van der Waals surface area contributed by atoms with E-state index in [0.29, 0.717) is 5.41 Å². The molecular weight excluding hydrogens is 174 g/mol. The van der Waals surface area contributed by atoms with Gasteiger partial charge < -0.3 is 5.32 Å². The molecular formula is C12H21NO. The van der Waals surface area contributed by atoms with Gasteiger partial charge in [0.25, 0.3) is 0 Å². The van der Waals surface area contributed by atoms with E-state index >= 15 is 0 Å². The van der Waals surface area contributed by atoms with E-state index in [2.05, 4.69) is 19.2 Å². The summed E-state index contributed by atoms with van der Waals surface area (Å²) < 4.78 is 0. The minimum atomic E-state index is 0.251. The maximum absolute atomic E-state index is 11.1. The second kappa shape index (κ2) is 3.56. The first-order valence-electron chi connectivity index (χ1n) is 5.86. The van der Waals surface area contributed by atoms with Gasteiger partial charge in [0, 0.05) is 13.0 Å². The van der Waals surface area contributed by atoms with E-state index in [0.717, 1.165) is 31.2 Å². The van der Waals surface area contributed by atoms with Gasteiger partial charge in [-0.2, -0.15) is 0 Å². The van der Waals surface area contributed by atoms with E-state index in [1.165, 1.54) is 19.3 Å². The average Bonchev–Trinajstić information content (AvgIpc) is 2.09. The largest absolute Gasteiger partial charge is 0.356 e. The number of carbonyl (C=O) groups excluding carboxylic acids is 1. The smallest absolute Gasteiger partial charge is 0.220 e. The molecule has 2 unspecified atom stereocenters. The fourth-order valence-corrected chi connectivity index (χ4v) is 3.61. The molecule has 14 heavy (non-hydrogen) atoms. The van der Waals surface area contributed by atoms with Gasteiger partial charge in [-0.05, 0) is 42.9 Å². The van der Waals surface area contributed by atoms with E-state index in [-0.39, 0.29) is 5.91 Å². The van der Waals surface area contributed by atoms with Gasteiger partial charge in [-0.15, -0.1) is 0 Å². The topological polar surface area (TPSA) is 29.1 Å². The van der Waals surface area contributed by atoms with Crippen LogP contribution in [0, 0.1) is 17.3 Å². The van der Waals surface area contributed by atoms with Crippen molar-refractivity contribution in [3.63, 3.8) is 0 Å². The fourth-order valence-electron chi connectivity index (χ4n) is 3.61. The molecule has 2 rings (SSSR count). The lowest BCUT2D eigenvalue weighted by Gasteiger charge is -2.45. The van der Waals surface area contributed by atoms with Crippen LogP contribution in [0.15, 0.2) is 0 Å². The molecule has 1 saturated carbocycles. The van der Waals surface area contributed by atoms with Crippen molar-refractivity contribution in [3.05, 3.63) is 0 Å². The van der Waals surface area contributed by atoms with E-state index in [4.69, 9.17) is 0 Å². The standard InChI is InChI=1S/C12H21NO/c1-9-5-10(2)7-12(6-9)4-3-11(14)13-8-12/h9-10H,3-8H2,1-2H3,(H,13,14). The predicted octanol–water partition coefficient (Wildman–Crippen LogP) is 2.34. The summed E-state index contributed by atoms with van der Waals surface area (Å²) in [5, 5.41) is 3.04. The molecule has 80 valence electrons. The van der Waals surface area contributed by atoms with Crippen LogP contribution in [0.1, 0.15) is 46.0 Å². The van der Waals surface area contributed by atoms with Crippen LogP contribution in [0.3, 0.4) is 0 Å². The second-order valence-corrected chi connectivity index (χ2v) is 5.63. The summed E-state index contributed by atoms with van der Waals surface area (Å²) in [6.45, 7) is 5.64. The highest BCUT2D eigenvalue weighted by molar-refractivity contribution is 5.76. The highest BCUT2D eigenvalue weighted by atomic mass is 16.1. The molecule has 0 aromatic heterocycles. The minimum Gasteiger partial charge on any atom is -0.356 e. The first kappa shape index (κ1) is 10.0. The SMILES string of the molecule is CC1CC(C)CC2(CCC(=O)NC2)C1. The Kier molecular flexibility index (Phi) is 2.54. The van der Waals surface area contributed by atoms with Crippen molar-refractivity contribution >= 4 is 5.91 Å². The molecule has 1 aliphatic heterocycles. The van der Waals surface area contributed by atoms with Crippen molar-refractivity contribution in [3.8, 4) is 0 Å². The Morgan fingerprint density at radius 2 is 1.93 bits per heavy atom. The maximum Gasteiger partial charge on any atom is 0.220 e. The van der Waals surface area contributed by atoms with Crippen LogP contribution in [0.5, 0.6) is 0 Å². The van der Waals surface area contributed by atoms with Gasteiger partial charge >= 0.3 is 0 Å². The monoisotopic (exact) mass is 195 g/mol. The Morgan fingerprint density at radius 1 is 1.29 bits per heavy atom. The molecule has 1 N–H and O–H groups in total. The summed E-state index contributed by atoms with van der Waals surface area (Å²) >= 11 is 0.